The molecule has 0 aliphatic carbocycles. The number of rotatable bonds is 4. The summed E-state index contributed by atoms with van der Waals surface area (Å²) in [7, 11) is 1.69. The molecule has 1 fully saturated rings. The topological polar surface area (TPSA) is 38.5 Å². The van der Waals surface area contributed by atoms with Gasteiger partial charge >= 0.3 is 0 Å². The average Bonchev–Trinajstić information content (AvgIpc) is 2.48. The number of methoxy groups -OCH3 is 1. The fraction of sp³-hybridized carbons (Fsp3) is 0.647. The summed E-state index contributed by atoms with van der Waals surface area (Å²) in [5, 5.41) is 0. The van der Waals surface area contributed by atoms with E-state index in [-0.39, 0.29) is 6.04 Å². The Hall–Kier alpha value is -1.06. The van der Waals surface area contributed by atoms with Gasteiger partial charge in [0, 0.05) is 18.1 Å². The molecule has 3 nitrogen and oxygen atoms in total. The predicted molar refractivity (Wildman–Crippen MR) is 84.0 cm³/mol. The van der Waals surface area contributed by atoms with E-state index >= 15 is 0 Å². The molecule has 2 rings (SSSR count). The lowest BCUT2D eigenvalue weighted by Crippen LogP contribution is -2.50. The highest BCUT2D eigenvalue weighted by atomic mass is 16.5. The third-order valence-corrected chi connectivity index (χ3v) is 4.97. The largest absolute Gasteiger partial charge is 0.497 e. The van der Waals surface area contributed by atoms with E-state index in [2.05, 4.69) is 37.8 Å². The number of hydrogen-bond donors (Lipinski definition) is 1. The Kier molecular flexibility index (Phi) is 5.06. The van der Waals surface area contributed by atoms with E-state index in [1.807, 2.05) is 12.1 Å². The number of benzene rings is 1. The maximum Gasteiger partial charge on any atom is 0.118 e. The first-order valence-corrected chi connectivity index (χ1v) is 7.70. The molecule has 1 aliphatic heterocycles. The minimum absolute atomic E-state index is 0.0497. The van der Waals surface area contributed by atoms with E-state index in [0.717, 1.165) is 18.2 Å². The molecule has 1 heterocycles. The van der Waals surface area contributed by atoms with Crippen molar-refractivity contribution in [3.63, 3.8) is 0 Å². The number of piperidine rings is 1. The first-order chi connectivity index (χ1) is 9.54. The monoisotopic (exact) mass is 276 g/mol. The van der Waals surface area contributed by atoms with Gasteiger partial charge in [-0.1, -0.05) is 19.1 Å². The Bertz CT molecular complexity index is 418. The fourth-order valence-corrected chi connectivity index (χ4v) is 3.25. The SMILES string of the molecule is COc1ccc(C(N)C(C)N2CCCC(C)C2C)cc1. The van der Waals surface area contributed by atoms with Crippen LogP contribution in [0, 0.1) is 5.92 Å². The Morgan fingerprint density at radius 2 is 1.90 bits per heavy atom. The zero-order valence-corrected chi connectivity index (χ0v) is 13.2. The van der Waals surface area contributed by atoms with Crippen LogP contribution in [0.15, 0.2) is 24.3 Å². The van der Waals surface area contributed by atoms with E-state index in [1.165, 1.54) is 18.4 Å². The molecule has 4 unspecified atom stereocenters. The van der Waals surface area contributed by atoms with Crippen LogP contribution in [0.25, 0.3) is 0 Å². The van der Waals surface area contributed by atoms with E-state index in [4.69, 9.17) is 10.5 Å². The molecule has 112 valence electrons. The first kappa shape index (κ1) is 15.3. The van der Waals surface area contributed by atoms with Crippen LogP contribution in [0.2, 0.25) is 0 Å². The molecule has 0 spiro atoms. The molecular formula is C17H28N2O. The second-order valence-electron chi connectivity index (χ2n) is 6.14. The minimum atomic E-state index is 0.0497. The number of likely N-dealkylation sites (tertiary alicyclic amines) is 1. The van der Waals surface area contributed by atoms with Crippen molar-refractivity contribution in [2.45, 2.75) is 51.7 Å². The highest BCUT2D eigenvalue weighted by Gasteiger charge is 2.31. The molecule has 0 radical (unpaired) electrons. The number of nitrogens with two attached hydrogens (primary N) is 1. The molecule has 20 heavy (non-hydrogen) atoms. The van der Waals surface area contributed by atoms with E-state index in [0.29, 0.717) is 12.1 Å². The van der Waals surface area contributed by atoms with E-state index < -0.39 is 0 Å². The summed E-state index contributed by atoms with van der Waals surface area (Å²) in [6.07, 6.45) is 2.62. The van der Waals surface area contributed by atoms with Crippen LogP contribution in [-0.4, -0.2) is 30.6 Å². The van der Waals surface area contributed by atoms with Crippen molar-refractivity contribution >= 4 is 0 Å². The normalized spacial score (nSPS) is 27.1. The molecule has 0 aromatic heterocycles. The Morgan fingerprint density at radius 1 is 1.25 bits per heavy atom. The van der Waals surface area contributed by atoms with E-state index in [9.17, 15) is 0 Å². The van der Waals surface area contributed by atoms with Gasteiger partial charge < -0.3 is 10.5 Å². The highest BCUT2D eigenvalue weighted by molar-refractivity contribution is 5.29. The maximum absolute atomic E-state index is 6.49. The predicted octanol–water partition coefficient (Wildman–Crippen LogP) is 3.20. The molecule has 0 amide bonds. The summed E-state index contributed by atoms with van der Waals surface area (Å²) >= 11 is 0. The van der Waals surface area contributed by atoms with Crippen LogP contribution in [0.4, 0.5) is 0 Å². The maximum atomic E-state index is 6.49. The Morgan fingerprint density at radius 3 is 2.50 bits per heavy atom. The van der Waals surface area contributed by atoms with Crippen molar-refractivity contribution in [2.24, 2.45) is 11.7 Å². The molecule has 0 bridgehead atoms. The summed E-state index contributed by atoms with van der Waals surface area (Å²) in [6.45, 7) is 8.10. The third kappa shape index (κ3) is 3.15. The number of nitrogens with zero attached hydrogens (tertiary/aromatic N) is 1. The minimum Gasteiger partial charge on any atom is -0.497 e. The Labute approximate surface area is 123 Å². The lowest BCUT2D eigenvalue weighted by atomic mass is 9.89. The van der Waals surface area contributed by atoms with Crippen molar-refractivity contribution in [3.05, 3.63) is 29.8 Å². The highest BCUT2D eigenvalue weighted by Crippen LogP contribution is 2.29. The van der Waals surface area contributed by atoms with Crippen LogP contribution >= 0.6 is 0 Å². The van der Waals surface area contributed by atoms with Gasteiger partial charge in [-0.25, -0.2) is 0 Å². The molecule has 1 aromatic carbocycles. The van der Waals surface area contributed by atoms with Gasteiger partial charge in [0.05, 0.1) is 7.11 Å². The fourth-order valence-electron chi connectivity index (χ4n) is 3.25. The van der Waals surface area contributed by atoms with Crippen molar-refractivity contribution < 1.29 is 4.74 Å². The van der Waals surface area contributed by atoms with Gasteiger partial charge in [-0.05, 0) is 56.8 Å². The van der Waals surface area contributed by atoms with Crippen molar-refractivity contribution in [2.75, 3.05) is 13.7 Å². The third-order valence-electron chi connectivity index (χ3n) is 4.97. The molecule has 0 saturated carbocycles. The lowest BCUT2D eigenvalue weighted by Gasteiger charge is -2.43. The summed E-state index contributed by atoms with van der Waals surface area (Å²) in [4.78, 5) is 2.57. The molecule has 1 aliphatic rings. The standard InChI is InChI=1S/C17H28N2O/c1-12-6-5-11-19(13(12)2)14(3)17(18)15-7-9-16(20-4)10-8-15/h7-10,12-14,17H,5-6,11,18H2,1-4H3. The molecule has 1 aromatic rings. The van der Waals surface area contributed by atoms with E-state index in [1.54, 1.807) is 7.11 Å². The summed E-state index contributed by atoms with van der Waals surface area (Å²) < 4.78 is 5.21. The molecule has 3 heteroatoms. The quantitative estimate of drug-likeness (QED) is 0.917. The zero-order chi connectivity index (χ0) is 14.7. The smallest absolute Gasteiger partial charge is 0.118 e. The average molecular weight is 276 g/mol. The van der Waals surface area contributed by atoms with Gasteiger partial charge in [0.2, 0.25) is 0 Å². The second-order valence-corrected chi connectivity index (χ2v) is 6.14. The molecule has 2 N–H and O–H groups in total. The molecular weight excluding hydrogens is 248 g/mol. The lowest BCUT2D eigenvalue weighted by molar-refractivity contribution is 0.0640. The van der Waals surface area contributed by atoms with Crippen LogP contribution < -0.4 is 10.5 Å². The molecule has 4 atom stereocenters. The van der Waals surface area contributed by atoms with Crippen LogP contribution in [0.3, 0.4) is 0 Å². The van der Waals surface area contributed by atoms with Crippen LogP contribution in [0.1, 0.15) is 45.2 Å². The summed E-state index contributed by atoms with van der Waals surface area (Å²) in [6, 6.07) is 9.17. The van der Waals surface area contributed by atoms with Crippen molar-refractivity contribution in [1.29, 1.82) is 0 Å². The number of ether oxygens (including phenoxy) is 1. The number of hydrogen-bond acceptors (Lipinski definition) is 3. The Balaban J connectivity index is 2.08. The molecule has 1 saturated heterocycles. The van der Waals surface area contributed by atoms with Gasteiger partial charge in [-0.2, -0.15) is 0 Å². The van der Waals surface area contributed by atoms with Gasteiger partial charge in [-0.3, -0.25) is 4.90 Å². The first-order valence-electron chi connectivity index (χ1n) is 7.70. The summed E-state index contributed by atoms with van der Waals surface area (Å²) in [5.41, 5.74) is 7.67. The second kappa shape index (κ2) is 6.59. The van der Waals surface area contributed by atoms with Gasteiger partial charge in [0.15, 0.2) is 0 Å². The van der Waals surface area contributed by atoms with Gasteiger partial charge in [0.25, 0.3) is 0 Å². The van der Waals surface area contributed by atoms with Crippen LogP contribution in [0.5, 0.6) is 5.75 Å². The van der Waals surface area contributed by atoms with Gasteiger partial charge in [0.1, 0.15) is 5.75 Å². The van der Waals surface area contributed by atoms with Gasteiger partial charge in [-0.15, -0.1) is 0 Å². The van der Waals surface area contributed by atoms with Crippen molar-refractivity contribution in [1.82, 2.24) is 4.90 Å². The summed E-state index contributed by atoms with van der Waals surface area (Å²) in [5.74, 6) is 1.64. The van der Waals surface area contributed by atoms with Crippen LogP contribution in [-0.2, 0) is 0 Å². The zero-order valence-electron chi connectivity index (χ0n) is 13.2. The van der Waals surface area contributed by atoms with Crippen molar-refractivity contribution in [3.8, 4) is 5.75 Å².